The lowest BCUT2D eigenvalue weighted by Gasteiger charge is -2.15. The highest BCUT2D eigenvalue weighted by Crippen LogP contribution is 2.40. The van der Waals surface area contributed by atoms with Crippen LogP contribution in [0.5, 0.6) is 0 Å². The minimum Gasteiger partial charge on any atom is -0.388 e. The van der Waals surface area contributed by atoms with Crippen molar-refractivity contribution in [3.05, 3.63) is 39.0 Å². The fourth-order valence-corrected chi connectivity index (χ4v) is 2.92. The molecule has 0 saturated heterocycles. The molecule has 0 saturated carbocycles. The van der Waals surface area contributed by atoms with E-state index < -0.39 is 11.0 Å². The zero-order valence-corrected chi connectivity index (χ0v) is 12.3. The van der Waals surface area contributed by atoms with Gasteiger partial charge in [0.25, 0.3) is 0 Å². The maximum absolute atomic E-state index is 11.1. The van der Waals surface area contributed by atoms with Gasteiger partial charge in [-0.05, 0) is 6.92 Å². The highest BCUT2D eigenvalue weighted by molar-refractivity contribution is 7.16. The number of hydrogen-bond donors (Lipinski definition) is 1. The molecule has 7 nitrogen and oxygen atoms in total. The van der Waals surface area contributed by atoms with Crippen molar-refractivity contribution >= 4 is 22.0 Å². The molecule has 20 heavy (non-hydrogen) atoms. The monoisotopic (exact) mass is 296 g/mol. The topological polar surface area (TPSA) is 84.4 Å². The SMILES string of the molecule is CC(O)c1cc([N+](=O)[O-])c(N(C)Cc2cnn(C)c2)s1. The molecule has 0 bridgehead atoms. The lowest BCUT2D eigenvalue weighted by atomic mass is 10.3. The van der Waals surface area contributed by atoms with Gasteiger partial charge >= 0.3 is 5.69 Å². The Morgan fingerprint density at radius 2 is 2.35 bits per heavy atom. The molecular formula is C12H16N4O3S. The van der Waals surface area contributed by atoms with Crippen LogP contribution in [0.15, 0.2) is 18.5 Å². The van der Waals surface area contributed by atoms with Crippen LogP contribution in [-0.4, -0.2) is 26.9 Å². The largest absolute Gasteiger partial charge is 0.388 e. The predicted molar refractivity (Wildman–Crippen MR) is 76.9 cm³/mol. The number of aliphatic hydroxyl groups excluding tert-OH is 1. The number of aliphatic hydroxyl groups is 1. The number of nitro groups is 1. The molecule has 8 heteroatoms. The second-order valence-corrected chi connectivity index (χ2v) is 5.71. The van der Waals surface area contributed by atoms with E-state index in [1.165, 1.54) is 17.4 Å². The number of aromatic nitrogens is 2. The first-order valence-corrected chi connectivity index (χ1v) is 6.85. The molecule has 0 spiro atoms. The predicted octanol–water partition coefficient (Wildman–Crippen LogP) is 2.08. The molecule has 2 aromatic rings. The molecule has 0 aliphatic heterocycles. The number of rotatable bonds is 5. The van der Waals surface area contributed by atoms with E-state index in [4.69, 9.17) is 0 Å². The maximum atomic E-state index is 11.1. The summed E-state index contributed by atoms with van der Waals surface area (Å²) >= 11 is 1.24. The van der Waals surface area contributed by atoms with Gasteiger partial charge in [0.1, 0.15) is 0 Å². The quantitative estimate of drug-likeness (QED) is 0.674. The van der Waals surface area contributed by atoms with Crippen LogP contribution < -0.4 is 4.90 Å². The summed E-state index contributed by atoms with van der Waals surface area (Å²) in [5.41, 5.74) is 0.994. The van der Waals surface area contributed by atoms with Crippen LogP contribution in [0.4, 0.5) is 10.7 Å². The van der Waals surface area contributed by atoms with Crippen molar-refractivity contribution in [1.29, 1.82) is 0 Å². The van der Waals surface area contributed by atoms with Gasteiger partial charge in [0.2, 0.25) is 0 Å². The van der Waals surface area contributed by atoms with Crippen molar-refractivity contribution in [1.82, 2.24) is 9.78 Å². The fourth-order valence-electron chi connectivity index (χ4n) is 1.90. The summed E-state index contributed by atoms with van der Waals surface area (Å²) in [4.78, 5) is 13.1. The van der Waals surface area contributed by atoms with Gasteiger partial charge in [-0.15, -0.1) is 11.3 Å². The summed E-state index contributed by atoms with van der Waals surface area (Å²) in [7, 11) is 3.61. The van der Waals surface area contributed by atoms with Gasteiger partial charge in [0.05, 0.1) is 17.2 Å². The normalized spacial score (nSPS) is 12.4. The molecule has 2 heterocycles. The summed E-state index contributed by atoms with van der Waals surface area (Å²) in [6.45, 7) is 2.12. The van der Waals surface area contributed by atoms with E-state index in [0.29, 0.717) is 16.4 Å². The average molecular weight is 296 g/mol. The molecule has 0 aromatic carbocycles. The zero-order valence-electron chi connectivity index (χ0n) is 11.5. The van der Waals surface area contributed by atoms with Crippen LogP contribution in [0.2, 0.25) is 0 Å². The van der Waals surface area contributed by atoms with E-state index in [2.05, 4.69) is 5.10 Å². The van der Waals surface area contributed by atoms with Gasteiger partial charge in [-0.2, -0.15) is 5.10 Å². The molecule has 0 aliphatic rings. The zero-order chi connectivity index (χ0) is 14.9. The highest BCUT2D eigenvalue weighted by atomic mass is 32.1. The number of hydrogen-bond acceptors (Lipinski definition) is 6. The van der Waals surface area contributed by atoms with Gasteiger partial charge < -0.3 is 10.0 Å². The Morgan fingerprint density at radius 3 is 2.85 bits per heavy atom. The van der Waals surface area contributed by atoms with Gasteiger partial charge in [-0.3, -0.25) is 14.8 Å². The Labute approximate surface area is 120 Å². The van der Waals surface area contributed by atoms with Gasteiger partial charge in [-0.1, -0.05) is 0 Å². The van der Waals surface area contributed by atoms with Crippen LogP contribution in [0, 0.1) is 10.1 Å². The van der Waals surface area contributed by atoms with E-state index in [0.717, 1.165) is 5.56 Å². The molecule has 1 N–H and O–H groups in total. The average Bonchev–Trinajstić information content (AvgIpc) is 2.95. The lowest BCUT2D eigenvalue weighted by molar-refractivity contribution is -0.383. The summed E-state index contributed by atoms with van der Waals surface area (Å²) in [5, 5.41) is 25.3. The molecule has 0 amide bonds. The standard InChI is InChI=1S/C12H16N4O3S/c1-8(17)11-4-10(16(18)19)12(20-11)14(2)6-9-5-13-15(3)7-9/h4-5,7-8,17H,6H2,1-3H3. The smallest absolute Gasteiger partial charge is 0.304 e. The molecule has 1 unspecified atom stereocenters. The molecule has 108 valence electrons. The van der Waals surface area contributed by atoms with Crippen molar-refractivity contribution in [2.45, 2.75) is 19.6 Å². The Hall–Kier alpha value is -1.93. The summed E-state index contributed by atoms with van der Waals surface area (Å²) in [6.07, 6.45) is 2.89. The molecular weight excluding hydrogens is 280 g/mol. The molecule has 2 rings (SSSR count). The first-order chi connectivity index (χ1) is 9.38. The Morgan fingerprint density at radius 1 is 1.65 bits per heavy atom. The van der Waals surface area contributed by atoms with E-state index >= 15 is 0 Å². The summed E-state index contributed by atoms with van der Waals surface area (Å²) in [6, 6.07) is 1.43. The molecule has 2 aromatic heterocycles. The molecule has 0 aliphatic carbocycles. The van der Waals surface area contributed by atoms with Gasteiger partial charge in [0, 0.05) is 43.3 Å². The van der Waals surface area contributed by atoms with Crippen LogP contribution in [0.25, 0.3) is 0 Å². The lowest BCUT2D eigenvalue weighted by Crippen LogP contribution is -2.15. The van der Waals surface area contributed by atoms with E-state index in [9.17, 15) is 15.2 Å². The fraction of sp³-hybridized carbons (Fsp3) is 0.417. The number of aryl methyl sites for hydroxylation is 1. The minimum atomic E-state index is -0.709. The first kappa shape index (κ1) is 14.5. The van der Waals surface area contributed by atoms with E-state index in [-0.39, 0.29) is 5.69 Å². The number of thiophene rings is 1. The Bertz CT molecular complexity index is 620. The van der Waals surface area contributed by atoms with Crippen molar-refractivity contribution in [3.8, 4) is 0 Å². The van der Waals surface area contributed by atoms with Crippen molar-refractivity contribution in [3.63, 3.8) is 0 Å². The van der Waals surface area contributed by atoms with E-state index in [1.807, 2.05) is 13.2 Å². The molecule has 0 radical (unpaired) electrons. The van der Waals surface area contributed by atoms with Crippen LogP contribution >= 0.6 is 11.3 Å². The second-order valence-electron chi connectivity index (χ2n) is 4.65. The number of anilines is 1. The van der Waals surface area contributed by atoms with Crippen LogP contribution in [0.1, 0.15) is 23.5 Å². The van der Waals surface area contributed by atoms with Crippen LogP contribution in [-0.2, 0) is 13.6 Å². The number of nitrogens with zero attached hydrogens (tertiary/aromatic N) is 4. The second kappa shape index (κ2) is 5.59. The summed E-state index contributed by atoms with van der Waals surface area (Å²) in [5.74, 6) is 0. The van der Waals surface area contributed by atoms with Gasteiger partial charge in [-0.25, -0.2) is 0 Å². The minimum absolute atomic E-state index is 0.0253. The third-order valence-electron chi connectivity index (χ3n) is 2.85. The highest BCUT2D eigenvalue weighted by Gasteiger charge is 2.23. The van der Waals surface area contributed by atoms with E-state index in [1.54, 1.807) is 29.7 Å². The molecule has 0 fully saturated rings. The third-order valence-corrected chi connectivity index (χ3v) is 4.25. The molecule has 1 atom stereocenters. The van der Waals surface area contributed by atoms with Crippen molar-refractivity contribution < 1.29 is 10.0 Å². The third kappa shape index (κ3) is 2.97. The maximum Gasteiger partial charge on any atom is 0.304 e. The van der Waals surface area contributed by atoms with Crippen molar-refractivity contribution in [2.24, 2.45) is 7.05 Å². The van der Waals surface area contributed by atoms with Crippen molar-refractivity contribution in [2.75, 3.05) is 11.9 Å². The van der Waals surface area contributed by atoms with Crippen LogP contribution in [0.3, 0.4) is 0 Å². The first-order valence-electron chi connectivity index (χ1n) is 6.03. The Kier molecular flexibility index (Phi) is 4.05. The van der Waals surface area contributed by atoms with Gasteiger partial charge in [0.15, 0.2) is 5.00 Å². The summed E-state index contributed by atoms with van der Waals surface area (Å²) < 4.78 is 1.69. The Balaban J connectivity index is 2.28.